The second-order valence-electron chi connectivity index (χ2n) is 10.2. The lowest BCUT2D eigenvalue weighted by molar-refractivity contribution is -0.127. The second kappa shape index (κ2) is 11.6. The van der Waals surface area contributed by atoms with Crippen LogP contribution in [-0.4, -0.2) is 62.4 Å². The first-order chi connectivity index (χ1) is 20.8. The number of amides is 1. The minimum atomic E-state index is -0.795. The van der Waals surface area contributed by atoms with E-state index in [1.165, 1.54) is 24.5 Å². The number of thiophene rings is 1. The van der Waals surface area contributed by atoms with Crippen molar-refractivity contribution in [2.24, 2.45) is 0 Å². The molecular formula is C31H28F2N6O3S. The maximum atomic E-state index is 15.9. The summed E-state index contributed by atoms with van der Waals surface area (Å²) in [5.41, 5.74) is 3.42. The zero-order chi connectivity index (χ0) is 30.2. The van der Waals surface area contributed by atoms with Crippen LogP contribution in [0.2, 0.25) is 0 Å². The van der Waals surface area contributed by atoms with Gasteiger partial charge in [-0.05, 0) is 37.4 Å². The van der Waals surface area contributed by atoms with Gasteiger partial charge in [-0.25, -0.2) is 23.7 Å². The number of methoxy groups -OCH3 is 1. The quantitative estimate of drug-likeness (QED) is 0.159. The largest absolute Gasteiger partial charge is 0.490 e. The summed E-state index contributed by atoms with van der Waals surface area (Å²) in [6.07, 6.45) is 4.69. The molecule has 0 radical (unpaired) electrons. The zero-order valence-corrected chi connectivity index (χ0v) is 24.6. The Morgan fingerprint density at radius 2 is 1.95 bits per heavy atom. The van der Waals surface area contributed by atoms with Crippen molar-refractivity contribution >= 4 is 27.3 Å². The number of aryl methyl sites for hydroxylation is 1. The van der Waals surface area contributed by atoms with Gasteiger partial charge in [-0.15, -0.1) is 11.3 Å². The molecule has 1 aromatic carbocycles. The van der Waals surface area contributed by atoms with Gasteiger partial charge in [0.1, 0.15) is 41.2 Å². The van der Waals surface area contributed by atoms with Crippen LogP contribution < -0.4 is 4.74 Å². The molecule has 0 saturated heterocycles. The summed E-state index contributed by atoms with van der Waals surface area (Å²) < 4.78 is 44.0. The van der Waals surface area contributed by atoms with Crippen LogP contribution in [0.3, 0.4) is 0 Å². The highest BCUT2D eigenvalue weighted by molar-refractivity contribution is 7.18. The van der Waals surface area contributed by atoms with E-state index in [0.29, 0.717) is 51.8 Å². The van der Waals surface area contributed by atoms with Crippen molar-refractivity contribution < 1.29 is 23.0 Å². The van der Waals surface area contributed by atoms with E-state index in [1.807, 2.05) is 29.1 Å². The fraction of sp³-hybridized carbons (Fsp3) is 0.258. The summed E-state index contributed by atoms with van der Waals surface area (Å²) in [6, 6.07) is 5.63. The molecule has 5 heterocycles. The molecule has 220 valence electrons. The highest BCUT2D eigenvalue weighted by atomic mass is 32.1. The Hall–Kier alpha value is -4.55. The molecular weight excluding hydrogens is 574 g/mol. The van der Waals surface area contributed by atoms with E-state index in [4.69, 9.17) is 19.6 Å². The van der Waals surface area contributed by atoms with Crippen LogP contribution in [0.15, 0.2) is 54.7 Å². The number of carbonyl (C=O) groups is 1. The summed E-state index contributed by atoms with van der Waals surface area (Å²) >= 11 is 1.40. The van der Waals surface area contributed by atoms with E-state index in [0.717, 1.165) is 23.2 Å². The third kappa shape index (κ3) is 5.28. The summed E-state index contributed by atoms with van der Waals surface area (Å²) in [4.78, 5) is 27.9. The van der Waals surface area contributed by atoms with Crippen molar-refractivity contribution in [1.29, 1.82) is 0 Å². The minimum Gasteiger partial charge on any atom is -0.490 e. The predicted octanol–water partition coefficient (Wildman–Crippen LogP) is 5.98. The fourth-order valence-corrected chi connectivity index (χ4v) is 6.27. The monoisotopic (exact) mass is 602 g/mol. The summed E-state index contributed by atoms with van der Waals surface area (Å²) in [5.74, 6) is -1.09. The van der Waals surface area contributed by atoms with Gasteiger partial charge in [0.2, 0.25) is 5.91 Å². The van der Waals surface area contributed by atoms with Crippen LogP contribution >= 0.6 is 11.3 Å². The SMILES string of the molecule is C=CC(=O)N1Cc2cc(-c3nc(-c4cnc(C)nc4)c4ccsc4c3-c3c(F)cc(F)cc3OCCOC)nn2[C@@H](C)C1. The number of hydrogen-bond acceptors (Lipinski definition) is 8. The number of fused-ring (bicyclic) bond motifs is 2. The van der Waals surface area contributed by atoms with Crippen LogP contribution in [0, 0.1) is 18.6 Å². The van der Waals surface area contributed by atoms with Gasteiger partial charge in [-0.3, -0.25) is 9.48 Å². The summed E-state index contributed by atoms with van der Waals surface area (Å²) in [6.45, 7) is 8.49. The molecule has 1 atom stereocenters. The van der Waals surface area contributed by atoms with Crippen molar-refractivity contribution in [3.8, 4) is 39.5 Å². The molecule has 1 aliphatic rings. The van der Waals surface area contributed by atoms with Gasteiger partial charge in [-0.1, -0.05) is 6.58 Å². The predicted molar refractivity (Wildman–Crippen MR) is 160 cm³/mol. The average Bonchev–Trinajstić information content (AvgIpc) is 3.65. The number of aromatic nitrogens is 5. The van der Waals surface area contributed by atoms with Crippen LogP contribution in [0.25, 0.3) is 43.9 Å². The van der Waals surface area contributed by atoms with Gasteiger partial charge >= 0.3 is 0 Å². The highest BCUT2D eigenvalue weighted by Gasteiger charge is 2.30. The molecule has 5 aromatic rings. The average molecular weight is 603 g/mol. The lowest BCUT2D eigenvalue weighted by Gasteiger charge is -2.31. The van der Waals surface area contributed by atoms with Gasteiger partial charge in [0.25, 0.3) is 0 Å². The van der Waals surface area contributed by atoms with Crippen LogP contribution in [0.1, 0.15) is 24.5 Å². The van der Waals surface area contributed by atoms with Crippen LogP contribution in [0.5, 0.6) is 5.75 Å². The minimum absolute atomic E-state index is 0.0267. The molecule has 0 unspecified atom stereocenters. The van der Waals surface area contributed by atoms with E-state index in [2.05, 4.69) is 16.5 Å². The Kier molecular flexibility index (Phi) is 7.72. The summed E-state index contributed by atoms with van der Waals surface area (Å²) in [7, 11) is 1.52. The number of halogens is 2. The lowest BCUT2D eigenvalue weighted by atomic mass is 9.97. The molecule has 0 saturated carbocycles. The number of nitrogens with zero attached hydrogens (tertiary/aromatic N) is 6. The molecule has 1 amide bonds. The Labute approximate surface area is 250 Å². The number of pyridine rings is 1. The maximum absolute atomic E-state index is 15.9. The van der Waals surface area contributed by atoms with Crippen molar-refractivity contribution in [2.75, 3.05) is 26.9 Å². The molecule has 0 fully saturated rings. The first-order valence-corrected chi connectivity index (χ1v) is 14.5. The lowest BCUT2D eigenvalue weighted by Crippen LogP contribution is -2.39. The zero-order valence-electron chi connectivity index (χ0n) is 23.8. The van der Waals surface area contributed by atoms with Crippen molar-refractivity contribution in [1.82, 2.24) is 29.6 Å². The normalized spacial score (nSPS) is 14.6. The molecule has 0 aliphatic carbocycles. The van der Waals surface area contributed by atoms with E-state index < -0.39 is 11.6 Å². The Balaban J connectivity index is 1.63. The van der Waals surface area contributed by atoms with Gasteiger partial charge in [0.15, 0.2) is 0 Å². The number of hydrogen-bond donors (Lipinski definition) is 0. The van der Waals surface area contributed by atoms with E-state index >= 15 is 4.39 Å². The van der Waals surface area contributed by atoms with Crippen molar-refractivity contribution in [3.05, 3.63) is 77.8 Å². The van der Waals surface area contributed by atoms with E-state index in [9.17, 15) is 9.18 Å². The molecule has 6 rings (SSSR count). The maximum Gasteiger partial charge on any atom is 0.246 e. The van der Waals surface area contributed by atoms with Gasteiger partial charge in [0, 0.05) is 59.4 Å². The number of carbonyl (C=O) groups excluding carboxylic acids is 1. The molecule has 0 spiro atoms. The van der Waals surface area contributed by atoms with E-state index in [-0.39, 0.29) is 36.5 Å². The molecule has 0 N–H and O–H groups in total. The molecule has 9 nitrogen and oxygen atoms in total. The molecule has 0 bridgehead atoms. The van der Waals surface area contributed by atoms with Gasteiger partial charge in [-0.2, -0.15) is 5.10 Å². The molecule has 43 heavy (non-hydrogen) atoms. The standard InChI is InChI=1S/C31H28F2N6O3S/c1-5-26(40)38-15-17(2)39-21(16-38)12-24(37-39)30-28(27-23(33)10-20(32)11-25(27)42-8-7-41-4)31-22(6-9-43-31)29(36-30)19-13-34-18(3)35-14-19/h5-6,9-14,17H,1,7-8,15-16H2,2-4H3/t17-/m0/s1. The molecule has 1 aliphatic heterocycles. The second-order valence-corrected chi connectivity index (χ2v) is 11.1. The third-order valence-corrected chi connectivity index (χ3v) is 8.20. The third-order valence-electron chi connectivity index (χ3n) is 7.27. The van der Waals surface area contributed by atoms with Crippen molar-refractivity contribution in [2.45, 2.75) is 26.4 Å². The summed E-state index contributed by atoms with van der Waals surface area (Å²) in [5, 5.41) is 7.55. The topological polar surface area (TPSA) is 95.3 Å². The van der Waals surface area contributed by atoms with E-state index in [1.54, 1.807) is 24.2 Å². The Morgan fingerprint density at radius 1 is 1.16 bits per heavy atom. The van der Waals surface area contributed by atoms with Crippen LogP contribution in [-0.2, 0) is 16.1 Å². The highest BCUT2D eigenvalue weighted by Crippen LogP contribution is 2.47. The van der Waals surface area contributed by atoms with Crippen molar-refractivity contribution in [3.63, 3.8) is 0 Å². The van der Waals surface area contributed by atoms with Gasteiger partial charge in [0.05, 0.1) is 36.1 Å². The first-order valence-electron chi connectivity index (χ1n) is 13.6. The number of benzene rings is 1. The molecule has 12 heteroatoms. The first kappa shape index (κ1) is 28.6. The number of rotatable bonds is 8. The Morgan fingerprint density at radius 3 is 2.70 bits per heavy atom. The smallest absolute Gasteiger partial charge is 0.246 e. The molecule has 4 aromatic heterocycles. The van der Waals surface area contributed by atoms with Gasteiger partial charge < -0.3 is 14.4 Å². The Bertz CT molecular complexity index is 1850. The number of ether oxygens (including phenoxy) is 2. The van der Waals surface area contributed by atoms with Crippen LogP contribution in [0.4, 0.5) is 8.78 Å². The fourth-order valence-electron chi connectivity index (χ4n) is 5.32.